The number of hydrogen-bond acceptors (Lipinski definition) is 5. The average molecular weight is 360 g/mol. The van der Waals surface area contributed by atoms with Crippen LogP contribution in [-0.2, 0) is 19.8 Å². The monoisotopic (exact) mass is 360 g/mol. The zero-order valence-corrected chi connectivity index (χ0v) is 15.4. The molecule has 0 aliphatic rings. The van der Waals surface area contributed by atoms with Crippen molar-refractivity contribution >= 4 is 0 Å². The second kappa shape index (κ2) is 9.57. The lowest BCUT2D eigenvalue weighted by atomic mass is 10.0. The molecule has 0 atom stereocenters. The lowest BCUT2D eigenvalue weighted by Gasteiger charge is -2.16. The van der Waals surface area contributed by atoms with Gasteiger partial charge in [-0.1, -0.05) is 18.2 Å². The summed E-state index contributed by atoms with van der Waals surface area (Å²) >= 11 is 0. The van der Waals surface area contributed by atoms with E-state index in [0.29, 0.717) is 36.5 Å². The van der Waals surface area contributed by atoms with Gasteiger partial charge >= 0.3 is 0 Å². The number of benzene rings is 2. The van der Waals surface area contributed by atoms with Gasteiger partial charge in [-0.2, -0.15) is 0 Å². The van der Waals surface area contributed by atoms with Gasteiger partial charge in [0.15, 0.2) is 0 Å². The molecule has 26 heavy (non-hydrogen) atoms. The van der Waals surface area contributed by atoms with Crippen molar-refractivity contribution in [3.05, 3.63) is 59.2 Å². The van der Waals surface area contributed by atoms with Crippen LogP contribution in [0.3, 0.4) is 0 Å². The molecule has 0 saturated heterocycles. The minimum atomic E-state index is -0.669. The highest BCUT2D eigenvalue weighted by Gasteiger charge is 2.11. The standard InChI is InChI=1S/C21H28O5/c1-21(2,24)9-4-10-25-19-6-3-5-16(11-19)15-26-20-8-7-17(13-22)18(12-20)14-23/h3,5-8,11-12,22-24H,4,9-10,13-15H2,1-2H3. The van der Waals surface area contributed by atoms with Gasteiger partial charge < -0.3 is 24.8 Å². The molecule has 2 aromatic rings. The van der Waals surface area contributed by atoms with Crippen molar-refractivity contribution in [2.45, 2.75) is 52.1 Å². The Labute approximate surface area is 154 Å². The first-order chi connectivity index (χ1) is 12.4. The van der Waals surface area contributed by atoms with Crippen molar-refractivity contribution in [3.8, 4) is 11.5 Å². The van der Waals surface area contributed by atoms with Gasteiger partial charge in [-0.25, -0.2) is 0 Å². The van der Waals surface area contributed by atoms with Gasteiger partial charge in [0.1, 0.15) is 18.1 Å². The van der Waals surface area contributed by atoms with Crippen molar-refractivity contribution in [2.75, 3.05) is 6.61 Å². The second-order valence-corrected chi connectivity index (χ2v) is 6.95. The molecule has 0 aromatic heterocycles. The minimum Gasteiger partial charge on any atom is -0.494 e. The molecular formula is C21H28O5. The molecule has 0 saturated carbocycles. The van der Waals surface area contributed by atoms with Gasteiger partial charge in [-0.3, -0.25) is 0 Å². The second-order valence-electron chi connectivity index (χ2n) is 6.95. The molecule has 0 spiro atoms. The quantitative estimate of drug-likeness (QED) is 0.567. The molecule has 0 aliphatic carbocycles. The highest BCUT2D eigenvalue weighted by atomic mass is 16.5. The third-order valence-electron chi connectivity index (χ3n) is 4.02. The van der Waals surface area contributed by atoms with Crippen LogP contribution in [0.15, 0.2) is 42.5 Å². The molecule has 3 N–H and O–H groups in total. The Hall–Kier alpha value is -2.08. The fourth-order valence-corrected chi connectivity index (χ4v) is 2.58. The Kier molecular flexibility index (Phi) is 7.45. The first-order valence-electron chi connectivity index (χ1n) is 8.82. The summed E-state index contributed by atoms with van der Waals surface area (Å²) in [5.74, 6) is 1.41. The molecule has 0 radical (unpaired) electrons. The molecule has 2 aromatic carbocycles. The first-order valence-corrected chi connectivity index (χ1v) is 8.82. The molecule has 0 unspecified atom stereocenters. The summed E-state index contributed by atoms with van der Waals surface area (Å²) < 4.78 is 11.5. The van der Waals surface area contributed by atoms with Gasteiger partial charge in [-0.15, -0.1) is 0 Å². The molecule has 142 valence electrons. The van der Waals surface area contributed by atoms with E-state index in [1.54, 1.807) is 32.0 Å². The van der Waals surface area contributed by atoms with Gasteiger partial charge in [0.25, 0.3) is 0 Å². The molecule has 5 heteroatoms. The molecule has 5 nitrogen and oxygen atoms in total. The van der Waals surface area contributed by atoms with E-state index < -0.39 is 5.60 Å². The third kappa shape index (κ3) is 6.67. The maximum atomic E-state index is 9.71. The van der Waals surface area contributed by atoms with E-state index in [1.807, 2.05) is 24.3 Å². The van der Waals surface area contributed by atoms with Crippen LogP contribution in [-0.4, -0.2) is 27.5 Å². The Balaban J connectivity index is 1.88. The fraction of sp³-hybridized carbons (Fsp3) is 0.429. The number of ether oxygens (including phenoxy) is 2. The normalized spacial score (nSPS) is 11.4. The van der Waals surface area contributed by atoms with Gasteiger partial charge in [0.05, 0.1) is 25.4 Å². The van der Waals surface area contributed by atoms with Crippen LogP contribution in [0.4, 0.5) is 0 Å². The molecule has 0 aliphatic heterocycles. The maximum Gasteiger partial charge on any atom is 0.120 e. The highest BCUT2D eigenvalue weighted by molar-refractivity contribution is 5.35. The maximum absolute atomic E-state index is 9.71. The summed E-state index contributed by atoms with van der Waals surface area (Å²) in [5.41, 5.74) is 1.66. The Morgan fingerprint density at radius 1 is 0.885 bits per heavy atom. The van der Waals surface area contributed by atoms with Gasteiger partial charge in [0, 0.05) is 0 Å². The number of rotatable bonds is 10. The number of hydrogen-bond donors (Lipinski definition) is 3. The van der Waals surface area contributed by atoms with Crippen LogP contribution in [0.25, 0.3) is 0 Å². The van der Waals surface area contributed by atoms with Gasteiger partial charge in [-0.05, 0) is 67.6 Å². The lowest BCUT2D eigenvalue weighted by Crippen LogP contribution is -2.19. The predicted molar refractivity (Wildman–Crippen MR) is 100 cm³/mol. The topological polar surface area (TPSA) is 79.2 Å². The highest BCUT2D eigenvalue weighted by Crippen LogP contribution is 2.21. The zero-order chi connectivity index (χ0) is 19.0. The average Bonchev–Trinajstić information content (AvgIpc) is 2.63. The first kappa shape index (κ1) is 20.2. The van der Waals surface area contributed by atoms with Crippen LogP contribution < -0.4 is 9.47 Å². The fourth-order valence-electron chi connectivity index (χ4n) is 2.58. The molecule has 0 bridgehead atoms. The van der Waals surface area contributed by atoms with E-state index in [4.69, 9.17) is 9.47 Å². The van der Waals surface area contributed by atoms with Crippen LogP contribution in [0.2, 0.25) is 0 Å². The van der Waals surface area contributed by atoms with Crippen LogP contribution in [0.5, 0.6) is 11.5 Å². The summed E-state index contributed by atoms with van der Waals surface area (Å²) in [5, 5.41) is 28.3. The van der Waals surface area contributed by atoms with Crippen LogP contribution >= 0.6 is 0 Å². The molecule has 2 rings (SSSR count). The SMILES string of the molecule is CC(C)(O)CCCOc1cccc(COc2ccc(CO)c(CO)c2)c1. The third-order valence-corrected chi connectivity index (χ3v) is 4.02. The van der Waals surface area contributed by atoms with Crippen LogP contribution in [0.1, 0.15) is 43.4 Å². The molecule has 0 heterocycles. The van der Waals surface area contributed by atoms with E-state index in [0.717, 1.165) is 17.7 Å². The van der Waals surface area contributed by atoms with Crippen molar-refractivity contribution in [1.29, 1.82) is 0 Å². The van der Waals surface area contributed by atoms with Crippen molar-refractivity contribution < 1.29 is 24.8 Å². The summed E-state index contributed by atoms with van der Waals surface area (Å²) in [7, 11) is 0. The largest absolute Gasteiger partial charge is 0.494 e. The number of aliphatic hydroxyl groups is 3. The smallest absolute Gasteiger partial charge is 0.120 e. The van der Waals surface area contributed by atoms with E-state index in [9.17, 15) is 15.3 Å². The van der Waals surface area contributed by atoms with Gasteiger partial charge in [0.2, 0.25) is 0 Å². The summed E-state index contributed by atoms with van der Waals surface area (Å²) in [6.45, 7) is 4.27. The Morgan fingerprint density at radius 2 is 1.62 bits per heavy atom. The van der Waals surface area contributed by atoms with Crippen molar-refractivity contribution in [2.24, 2.45) is 0 Å². The minimum absolute atomic E-state index is 0.108. The Morgan fingerprint density at radius 3 is 2.31 bits per heavy atom. The van der Waals surface area contributed by atoms with E-state index >= 15 is 0 Å². The molecule has 0 fully saturated rings. The van der Waals surface area contributed by atoms with E-state index in [1.165, 1.54) is 0 Å². The summed E-state index contributed by atoms with van der Waals surface area (Å²) in [6.07, 6.45) is 1.47. The van der Waals surface area contributed by atoms with Crippen molar-refractivity contribution in [3.63, 3.8) is 0 Å². The summed E-state index contributed by atoms with van der Waals surface area (Å²) in [6, 6.07) is 13.0. The Bertz CT molecular complexity index is 691. The lowest BCUT2D eigenvalue weighted by molar-refractivity contribution is 0.0641. The van der Waals surface area contributed by atoms with Crippen LogP contribution in [0, 0.1) is 0 Å². The van der Waals surface area contributed by atoms with Crippen molar-refractivity contribution in [1.82, 2.24) is 0 Å². The molecular weight excluding hydrogens is 332 g/mol. The predicted octanol–water partition coefficient (Wildman–Crippen LogP) is 3.18. The summed E-state index contributed by atoms with van der Waals surface area (Å²) in [4.78, 5) is 0. The van der Waals surface area contributed by atoms with E-state index in [-0.39, 0.29) is 13.2 Å². The zero-order valence-electron chi connectivity index (χ0n) is 15.4. The molecule has 0 amide bonds. The number of aliphatic hydroxyl groups excluding tert-OH is 2. The van der Waals surface area contributed by atoms with E-state index in [2.05, 4.69) is 0 Å².